The molecular formula is C15H25N3. The van der Waals surface area contributed by atoms with Crippen LogP contribution in [0.4, 0.5) is 5.69 Å². The van der Waals surface area contributed by atoms with Crippen LogP contribution >= 0.6 is 0 Å². The second kappa shape index (κ2) is 6.19. The molecule has 3 nitrogen and oxygen atoms in total. The fraction of sp³-hybridized carbons (Fsp3) is 0.667. The van der Waals surface area contributed by atoms with Gasteiger partial charge in [-0.1, -0.05) is 26.2 Å². The van der Waals surface area contributed by atoms with E-state index in [1.807, 2.05) is 19.3 Å². The summed E-state index contributed by atoms with van der Waals surface area (Å²) in [6, 6.07) is 2.26. The molecule has 0 aromatic carbocycles. The first-order chi connectivity index (χ1) is 8.76. The van der Waals surface area contributed by atoms with Crippen molar-refractivity contribution in [2.75, 3.05) is 12.8 Å². The predicted molar refractivity (Wildman–Crippen MR) is 76.2 cm³/mol. The molecule has 0 amide bonds. The van der Waals surface area contributed by atoms with Crippen LogP contribution in [0, 0.1) is 11.8 Å². The van der Waals surface area contributed by atoms with E-state index in [0.717, 1.165) is 11.6 Å². The molecular weight excluding hydrogens is 222 g/mol. The maximum atomic E-state index is 6.09. The second-order valence-corrected chi connectivity index (χ2v) is 5.47. The Morgan fingerprint density at radius 2 is 2.33 bits per heavy atom. The molecule has 1 fully saturated rings. The van der Waals surface area contributed by atoms with E-state index in [4.69, 9.17) is 5.73 Å². The van der Waals surface area contributed by atoms with Gasteiger partial charge in [-0.15, -0.1) is 0 Å². The highest BCUT2D eigenvalue weighted by Crippen LogP contribution is 2.39. The molecule has 3 unspecified atom stereocenters. The van der Waals surface area contributed by atoms with Crippen LogP contribution < -0.4 is 11.1 Å². The summed E-state index contributed by atoms with van der Waals surface area (Å²) in [6.45, 7) is 2.31. The first kappa shape index (κ1) is 13.3. The maximum absolute atomic E-state index is 6.09. The lowest BCUT2D eigenvalue weighted by molar-refractivity contribution is 0.215. The van der Waals surface area contributed by atoms with Gasteiger partial charge in [-0.3, -0.25) is 4.98 Å². The first-order valence-electron chi connectivity index (χ1n) is 7.12. The highest BCUT2D eigenvalue weighted by molar-refractivity contribution is 5.46. The summed E-state index contributed by atoms with van der Waals surface area (Å²) in [5.74, 6) is 1.58. The van der Waals surface area contributed by atoms with Crippen molar-refractivity contribution in [1.29, 1.82) is 0 Å². The standard InChI is InChI=1S/C15H25N3/c1-3-11-5-4-6-12(9-11)15(17-2)13-10-18-8-7-14(13)16/h7-8,10-12,15,17H,3-6,9H2,1-2H3,(H2,16,18). The lowest BCUT2D eigenvalue weighted by Crippen LogP contribution is -2.30. The van der Waals surface area contributed by atoms with E-state index in [1.165, 1.54) is 37.7 Å². The van der Waals surface area contributed by atoms with Gasteiger partial charge in [-0.05, 0) is 37.8 Å². The van der Waals surface area contributed by atoms with Gasteiger partial charge in [0, 0.05) is 29.7 Å². The van der Waals surface area contributed by atoms with Gasteiger partial charge in [0.25, 0.3) is 0 Å². The molecule has 2 rings (SSSR count). The Hall–Kier alpha value is -1.09. The number of nitrogen functional groups attached to an aromatic ring is 1. The highest BCUT2D eigenvalue weighted by Gasteiger charge is 2.28. The summed E-state index contributed by atoms with van der Waals surface area (Å²) in [5.41, 5.74) is 8.12. The van der Waals surface area contributed by atoms with Crippen LogP contribution in [0.2, 0.25) is 0 Å². The largest absolute Gasteiger partial charge is 0.398 e. The molecule has 1 saturated carbocycles. The predicted octanol–water partition coefficient (Wildman–Crippen LogP) is 3.14. The van der Waals surface area contributed by atoms with Gasteiger partial charge < -0.3 is 11.1 Å². The van der Waals surface area contributed by atoms with Crippen molar-refractivity contribution in [3.8, 4) is 0 Å². The minimum atomic E-state index is 0.355. The summed E-state index contributed by atoms with van der Waals surface area (Å²) >= 11 is 0. The quantitative estimate of drug-likeness (QED) is 0.859. The number of rotatable bonds is 4. The highest BCUT2D eigenvalue weighted by atomic mass is 14.9. The molecule has 1 aromatic heterocycles. The van der Waals surface area contributed by atoms with Gasteiger partial charge >= 0.3 is 0 Å². The Bertz CT molecular complexity index is 378. The molecule has 0 radical (unpaired) electrons. The van der Waals surface area contributed by atoms with Crippen LogP contribution in [-0.2, 0) is 0 Å². The van der Waals surface area contributed by atoms with Crippen molar-refractivity contribution in [2.24, 2.45) is 11.8 Å². The topological polar surface area (TPSA) is 50.9 Å². The van der Waals surface area contributed by atoms with Crippen molar-refractivity contribution in [3.63, 3.8) is 0 Å². The monoisotopic (exact) mass is 247 g/mol. The number of nitrogens with two attached hydrogens (primary N) is 1. The zero-order valence-electron chi connectivity index (χ0n) is 11.5. The molecule has 1 aromatic rings. The minimum Gasteiger partial charge on any atom is -0.398 e. The van der Waals surface area contributed by atoms with Crippen LogP contribution in [0.5, 0.6) is 0 Å². The van der Waals surface area contributed by atoms with E-state index in [2.05, 4.69) is 17.2 Å². The van der Waals surface area contributed by atoms with E-state index in [0.29, 0.717) is 12.0 Å². The van der Waals surface area contributed by atoms with E-state index in [1.54, 1.807) is 6.20 Å². The Kier molecular flexibility index (Phi) is 4.59. The van der Waals surface area contributed by atoms with Crippen molar-refractivity contribution >= 4 is 5.69 Å². The average Bonchev–Trinajstić information content (AvgIpc) is 2.42. The van der Waals surface area contributed by atoms with Crippen LogP contribution in [0.25, 0.3) is 0 Å². The number of nitrogens with one attached hydrogen (secondary N) is 1. The van der Waals surface area contributed by atoms with E-state index >= 15 is 0 Å². The van der Waals surface area contributed by atoms with Crippen LogP contribution in [0.1, 0.15) is 50.6 Å². The minimum absolute atomic E-state index is 0.355. The summed E-state index contributed by atoms with van der Waals surface area (Å²) in [7, 11) is 2.03. The Balaban J connectivity index is 2.15. The van der Waals surface area contributed by atoms with E-state index < -0.39 is 0 Å². The first-order valence-corrected chi connectivity index (χ1v) is 7.12. The third-order valence-corrected chi connectivity index (χ3v) is 4.41. The number of hydrogen-bond donors (Lipinski definition) is 2. The van der Waals surface area contributed by atoms with Gasteiger partial charge in [-0.2, -0.15) is 0 Å². The molecule has 100 valence electrons. The molecule has 1 heterocycles. The molecule has 0 aliphatic heterocycles. The molecule has 3 heteroatoms. The lowest BCUT2D eigenvalue weighted by Gasteiger charge is -2.34. The van der Waals surface area contributed by atoms with Crippen molar-refractivity contribution in [2.45, 2.75) is 45.1 Å². The number of aromatic nitrogens is 1. The third kappa shape index (κ3) is 2.83. The van der Waals surface area contributed by atoms with Crippen molar-refractivity contribution in [1.82, 2.24) is 10.3 Å². The number of nitrogens with zero attached hydrogens (tertiary/aromatic N) is 1. The average molecular weight is 247 g/mol. The van der Waals surface area contributed by atoms with Crippen molar-refractivity contribution in [3.05, 3.63) is 24.0 Å². The SMILES string of the molecule is CCC1CCCC(C(NC)c2cnccc2N)C1. The van der Waals surface area contributed by atoms with Gasteiger partial charge in [0.1, 0.15) is 0 Å². The van der Waals surface area contributed by atoms with Gasteiger partial charge in [0.05, 0.1) is 0 Å². The summed E-state index contributed by atoms with van der Waals surface area (Å²) in [6.07, 6.45) is 10.4. The van der Waals surface area contributed by atoms with Crippen LogP contribution in [0.15, 0.2) is 18.5 Å². The van der Waals surface area contributed by atoms with Crippen LogP contribution in [0.3, 0.4) is 0 Å². The van der Waals surface area contributed by atoms with Crippen molar-refractivity contribution < 1.29 is 0 Å². The molecule has 0 saturated heterocycles. The van der Waals surface area contributed by atoms with Gasteiger partial charge in [-0.25, -0.2) is 0 Å². The molecule has 18 heavy (non-hydrogen) atoms. The summed E-state index contributed by atoms with van der Waals surface area (Å²) in [4.78, 5) is 4.23. The van der Waals surface area contributed by atoms with E-state index in [9.17, 15) is 0 Å². The maximum Gasteiger partial charge on any atom is 0.0393 e. The van der Waals surface area contributed by atoms with E-state index in [-0.39, 0.29) is 0 Å². The Morgan fingerprint density at radius 1 is 1.50 bits per heavy atom. The zero-order valence-corrected chi connectivity index (χ0v) is 11.5. The van der Waals surface area contributed by atoms with Gasteiger partial charge in [0.2, 0.25) is 0 Å². The molecule has 1 aliphatic carbocycles. The lowest BCUT2D eigenvalue weighted by atomic mass is 9.75. The fourth-order valence-corrected chi connectivity index (χ4v) is 3.33. The summed E-state index contributed by atoms with van der Waals surface area (Å²) in [5, 5.41) is 3.45. The molecule has 0 spiro atoms. The summed E-state index contributed by atoms with van der Waals surface area (Å²) < 4.78 is 0. The molecule has 1 aliphatic rings. The normalized spacial score (nSPS) is 25.9. The Labute approximate surface area is 110 Å². The zero-order chi connectivity index (χ0) is 13.0. The Morgan fingerprint density at radius 3 is 3.00 bits per heavy atom. The number of pyridine rings is 1. The molecule has 0 bridgehead atoms. The smallest absolute Gasteiger partial charge is 0.0393 e. The second-order valence-electron chi connectivity index (χ2n) is 5.47. The van der Waals surface area contributed by atoms with Gasteiger partial charge in [0.15, 0.2) is 0 Å². The molecule has 3 atom stereocenters. The third-order valence-electron chi connectivity index (χ3n) is 4.41. The number of anilines is 1. The molecule has 3 N–H and O–H groups in total. The fourth-order valence-electron chi connectivity index (χ4n) is 3.33. The number of hydrogen-bond acceptors (Lipinski definition) is 3. The van der Waals surface area contributed by atoms with Crippen LogP contribution in [-0.4, -0.2) is 12.0 Å².